The van der Waals surface area contributed by atoms with Crippen molar-refractivity contribution in [2.45, 2.75) is 18.9 Å². The fraction of sp³-hybridized carbons (Fsp3) is 0.875. The Morgan fingerprint density at radius 1 is 1.57 bits per heavy atom. The summed E-state index contributed by atoms with van der Waals surface area (Å²) in [7, 11) is -3.33. The summed E-state index contributed by atoms with van der Waals surface area (Å²) in [5, 5.41) is 3.06. The maximum atomic E-state index is 11.7. The molecule has 0 aliphatic carbocycles. The zero-order valence-electron chi connectivity index (χ0n) is 8.12. The maximum absolute atomic E-state index is 11.7. The molecule has 2 saturated heterocycles. The van der Waals surface area contributed by atoms with Crippen molar-refractivity contribution < 1.29 is 13.2 Å². The molecule has 0 aromatic heterocycles. The minimum Gasteiger partial charge on any atom is -0.314 e. The third-order valence-corrected chi connectivity index (χ3v) is 4.97. The lowest BCUT2D eigenvalue weighted by molar-refractivity contribution is -0.123. The Morgan fingerprint density at radius 2 is 2.29 bits per heavy atom. The molecule has 2 heterocycles. The van der Waals surface area contributed by atoms with Crippen molar-refractivity contribution in [2.75, 3.05) is 25.4 Å². The Balaban J connectivity index is 2.45. The van der Waals surface area contributed by atoms with E-state index in [0.717, 1.165) is 6.54 Å². The number of carbonyl (C=O) groups is 1. The van der Waals surface area contributed by atoms with Gasteiger partial charge >= 0.3 is 0 Å². The smallest absolute Gasteiger partial charge is 0.222 e. The molecule has 0 aromatic carbocycles. The normalized spacial score (nSPS) is 37.1. The van der Waals surface area contributed by atoms with Gasteiger partial charge in [-0.05, 0) is 13.0 Å². The van der Waals surface area contributed by atoms with Crippen LogP contribution in [-0.4, -0.2) is 49.4 Å². The molecule has 0 radical (unpaired) electrons. The molecule has 2 aliphatic heterocycles. The lowest BCUT2D eigenvalue weighted by atomic mass is 9.94. The molecule has 0 amide bonds. The number of ketones is 1. The highest BCUT2D eigenvalue weighted by molar-refractivity contribution is 7.90. The first kappa shape index (κ1) is 10.1. The van der Waals surface area contributed by atoms with Crippen molar-refractivity contribution in [1.29, 1.82) is 0 Å². The molecular weight excluding hydrogens is 204 g/mol. The van der Waals surface area contributed by atoms with Crippen molar-refractivity contribution >= 4 is 15.8 Å². The summed E-state index contributed by atoms with van der Waals surface area (Å²) < 4.78 is 24.6. The van der Waals surface area contributed by atoms with Gasteiger partial charge in [0, 0.05) is 13.1 Å². The maximum Gasteiger partial charge on any atom is 0.222 e. The minimum absolute atomic E-state index is 0.149. The minimum atomic E-state index is -3.33. The van der Waals surface area contributed by atoms with E-state index in [1.807, 2.05) is 0 Å². The Hall–Kier alpha value is -0.460. The fourth-order valence-electron chi connectivity index (χ4n) is 2.41. The second-order valence-electron chi connectivity index (χ2n) is 3.80. The van der Waals surface area contributed by atoms with E-state index < -0.39 is 15.6 Å². The summed E-state index contributed by atoms with van der Waals surface area (Å²) >= 11 is 0. The molecule has 0 saturated carbocycles. The zero-order valence-corrected chi connectivity index (χ0v) is 8.93. The zero-order chi connectivity index (χ0) is 10.4. The number of rotatable bonds is 1. The number of carbonyl (C=O) groups excluding carboxylic acids is 1. The van der Waals surface area contributed by atoms with E-state index in [1.165, 1.54) is 4.31 Å². The van der Waals surface area contributed by atoms with Crippen LogP contribution >= 0.6 is 0 Å². The van der Waals surface area contributed by atoms with Crippen molar-refractivity contribution in [3.63, 3.8) is 0 Å². The Morgan fingerprint density at radius 3 is 2.79 bits per heavy atom. The van der Waals surface area contributed by atoms with Crippen LogP contribution in [0.2, 0.25) is 0 Å². The number of hydrogen-bond donors (Lipinski definition) is 1. The average Bonchev–Trinajstić information content (AvgIpc) is 2.59. The highest BCUT2D eigenvalue weighted by Gasteiger charge is 2.56. The summed E-state index contributed by atoms with van der Waals surface area (Å²) in [6, 6.07) is 0. The van der Waals surface area contributed by atoms with Gasteiger partial charge in [0.2, 0.25) is 10.0 Å². The van der Waals surface area contributed by atoms with Crippen LogP contribution in [0.15, 0.2) is 0 Å². The van der Waals surface area contributed by atoms with E-state index in [2.05, 4.69) is 5.32 Å². The van der Waals surface area contributed by atoms with E-state index >= 15 is 0 Å². The van der Waals surface area contributed by atoms with E-state index in [0.29, 0.717) is 19.5 Å². The average molecular weight is 218 g/mol. The summed E-state index contributed by atoms with van der Waals surface area (Å²) in [4.78, 5) is 11.7. The monoisotopic (exact) mass is 218 g/mol. The van der Waals surface area contributed by atoms with Gasteiger partial charge in [-0.1, -0.05) is 6.92 Å². The first-order chi connectivity index (χ1) is 6.53. The number of nitrogens with zero attached hydrogens (tertiary/aromatic N) is 1. The SMILES string of the molecule is CCN1C2(CCNC2)C(=O)CS1(=O)=O. The van der Waals surface area contributed by atoms with Gasteiger partial charge in [0.15, 0.2) is 5.78 Å². The van der Waals surface area contributed by atoms with Crippen LogP contribution in [0, 0.1) is 0 Å². The lowest BCUT2D eigenvalue weighted by Gasteiger charge is -2.29. The number of Topliss-reactive ketones (excluding diaryl/α,β-unsaturated/α-hetero) is 1. The second-order valence-corrected chi connectivity index (χ2v) is 5.70. The third kappa shape index (κ3) is 1.14. The second kappa shape index (κ2) is 3.01. The van der Waals surface area contributed by atoms with Gasteiger partial charge in [0.25, 0.3) is 0 Å². The molecule has 1 atom stereocenters. The molecule has 5 nitrogen and oxygen atoms in total. The molecule has 1 spiro atoms. The van der Waals surface area contributed by atoms with E-state index in [9.17, 15) is 13.2 Å². The third-order valence-electron chi connectivity index (χ3n) is 3.07. The summed E-state index contributed by atoms with van der Waals surface area (Å²) in [6.45, 7) is 3.35. The first-order valence-electron chi connectivity index (χ1n) is 4.77. The molecule has 2 fully saturated rings. The van der Waals surface area contributed by atoms with Gasteiger partial charge < -0.3 is 5.32 Å². The Bertz CT molecular complexity index is 357. The van der Waals surface area contributed by atoms with Crippen LogP contribution in [0.4, 0.5) is 0 Å². The molecule has 1 unspecified atom stereocenters. The van der Waals surface area contributed by atoms with Crippen LogP contribution in [0.5, 0.6) is 0 Å². The molecule has 80 valence electrons. The van der Waals surface area contributed by atoms with Gasteiger partial charge in [0.1, 0.15) is 11.3 Å². The first-order valence-corrected chi connectivity index (χ1v) is 6.38. The lowest BCUT2D eigenvalue weighted by Crippen LogP contribution is -2.51. The molecule has 0 aromatic rings. The van der Waals surface area contributed by atoms with Crippen LogP contribution in [-0.2, 0) is 14.8 Å². The summed E-state index contributed by atoms with van der Waals surface area (Å²) in [5.41, 5.74) is -0.756. The van der Waals surface area contributed by atoms with E-state index in [4.69, 9.17) is 0 Å². The number of likely N-dealkylation sites (N-methyl/N-ethyl adjacent to an activating group) is 1. The predicted molar refractivity (Wildman–Crippen MR) is 51.4 cm³/mol. The van der Waals surface area contributed by atoms with Gasteiger partial charge in [-0.3, -0.25) is 4.79 Å². The molecule has 2 aliphatic rings. The summed E-state index contributed by atoms with van der Waals surface area (Å²) in [5.74, 6) is -0.466. The van der Waals surface area contributed by atoms with E-state index in [1.54, 1.807) is 6.92 Å². The predicted octanol–water partition coefficient (Wildman–Crippen LogP) is -1.05. The molecular formula is C8H14N2O3S. The standard InChI is InChI=1S/C8H14N2O3S/c1-2-10-8(3-4-9-6-8)7(11)5-14(10,12)13/h9H,2-6H2,1H3. The van der Waals surface area contributed by atoms with Gasteiger partial charge in [-0.15, -0.1) is 0 Å². The van der Waals surface area contributed by atoms with Crippen molar-refractivity contribution in [2.24, 2.45) is 0 Å². The van der Waals surface area contributed by atoms with Crippen LogP contribution in [0.25, 0.3) is 0 Å². The highest BCUT2D eigenvalue weighted by Crippen LogP contribution is 2.33. The topological polar surface area (TPSA) is 66.5 Å². The fourth-order valence-corrected chi connectivity index (χ4v) is 4.35. The molecule has 1 N–H and O–H groups in total. The number of sulfonamides is 1. The Labute approximate surface area is 83.5 Å². The van der Waals surface area contributed by atoms with Crippen LogP contribution in [0.3, 0.4) is 0 Å². The van der Waals surface area contributed by atoms with Crippen LogP contribution in [0.1, 0.15) is 13.3 Å². The van der Waals surface area contributed by atoms with E-state index in [-0.39, 0.29) is 11.5 Å². The number of hydrogen-bond acceptors (Lipinski definition) is 4. The van der Waals surface area contributed by atoms with Crippen molar-refractivity contribution in [3.05, 3.63) is 0 Å². The number of nitrogens with one attached hydrogen (secondary N) is 1. The van der Waals surface area contributed by atoms with Gasteiger partial charge in [-0.25, -0.2) is 8.42 Å². The van der Waals surface area contributed by atoms with Crippen LogP contribution < -0.4 is 5.32 Å². The Kier molecular flexibility index (Phi) is 2.17. The van der Waals surface area contributed by atoms with Gasteiger partial charge in [0.05, 0.1) is 0 Å². The molecule has 14 heavy (non-hydrogen) atoms. The highest BCUT2D eigenvalue weighted by atomic mass is 32.2. The quantitative estimate of drug-likeness (QED) is 0.610. The van der Waals surface area contributed by atoms with Crippen molar-refractivity contribution in [3.8, 4) is 0 Å². The molecule has 0 bridgehead atoms. The largest absolute Gasteiger partial charge is 0.314 e. The molecule has 6 heteroatoms. The van der Waals surface area contributed by atoms with Crippen molar-refractivity contribution in [1.82, 2.24) is 9.62 Å². The van der Waals surface area contributed by atoms with Gasteiger partial charge in [-0.2, -0.15) is 4.31 Å². The summed E-state index contributed by atoms with van der Waals surface area (Å²) in [6.07, 6.45) is 0.610. The molecule has 2 rings (SSSR count).